The number of nitrogens with one attached hydrogen (secondary N) is 1. The molecule has 0 aromatic carbocycles. The van der Waals surface area contributed by atoms with Crippen LogP contribution in [0.5, 0.6) is 0 Å². The van der Waals surface area contributed by atoms with Crippen molar-refractivity contribution in [2.45, 2.75) is 39.2 Å². The molecule has 0 saturated carbocycles. The van der Waals surface area contributed by atoms with Crippen molar-refractivity contribution in [1.82, 2.24) is 15.1 Å². The van der Waals surface area contributed by atoms with E-state index >= 15 is 0 Å². The normalized spacial score (nSPS) is 13.1. The standard InChI is InChI=1S/C11H20BrN3/c1-5-8(13-3)7-10-11(12)9(6-2)14-15(10)4/h8,13H,5-7H2,1-4H3. The number of hydrogen-bond donors (Lipinski definition) is 1. The van der Waals surface area contributed by atoms with E-state index in [4.69, 9.17) is 0 Å². The molecule has 4 heteroatoms. The van der Waals surface area contributed by atoms with E-state index < -0.39 is 0 Å². The smallest absolute Gasteiger partial charge is 0.0766 e. The fourth-order valence-corrected chi connectivity index (χ4v) is 2.50. The number of likely N-dealkylation sites (N-methyl/N-ethyl adjacent to an activating group) is 1. The molecule has 0 radical (unpaired) electrons. The molecule has 0 spiro atoms. The Morgan fingerprint density at radius 3 is 2.53 bits per heavy atom. The van der Waals surface area contributed by atoms with E-state index in [0.717, 1.165) is 25.0 Å². The van der Waals surface area contributed by atoms with Gasteiger partial charge in [-0.1, -0.05) is 13.8 Å². The first-order valence-electron chi connectivity index (χ1n) is 5.51. The van der Waals surface area contributed by atoms with E-state index in [1.807, 2.05) is 18.8 Å². The van der Waals surface area contributed by atoms with Gasteiger partial charge in [-0.3, -0.25) is 4.68 Å². The number of halogens is 1. The molecule has 0 bridgehead atoms. The number of aromatic nitrogens is 2. The average molecular weight is 274 g/mol. The third-order valence-corrected chi connectivity index (χ3v) is 3.76. The van der Waals surface area contributed by atoms with Crippen LogP contribution in [-0.2, 0) is 19.9 Å². The first-order valence-corrected chi connectivity index (χ1v) is 6.30. The van der Waals surface area contributed by atoms with E-state index in [1.165, 1.54) is 10.2 Å². The Kier molecular flexibility index (Phi) is 4.80. The SMILES string of the molecule is CCc1nn(C)c(CC(CC)NC)c1Br. The van der Waals surface area contributed by atoms with Crippen LogP contribution in [0.15, 0.2) is 4.47 Å². The first-order chi connectivity index (χ1) is 7.13. The van der Waals surface area contributed by atoms with Gasteiger partial charge in [-0.2, -0.15) is 5.10 Å². The summed E-state index contributed by atoms with van der Waals surface area (Å²) in [5, 5.41) is 7.81. The maximum absolute atomic E-state index is 4.49. The summed E-state index contributed by atoms with van der Waals surface area (Å²) in [5.74, 6) is 0. The van der Waals surface area contributed by atoms with Crippen molar-refractivity contribution in [2.24, 2.45) is 7.05 Å². The Morgan fingerprint density at radius 2 is 2.13 bits per heavy atom. The maximum Gasteiger partial charge on any atom is 0.0766 e. The topological polar surface area (TPSA) is 29.9 Å². The summed E-state index contributed by atoms with van der Waals surface area (Å²) in [5.41, 5.74) is 2.44. The summed E-state index contributed by atoms with van der Waals surface area (Å²) in [6, 6.07) is 0.529. The second-order valence-corrected chi connectivity index (χ2v) is 4.58. The molecule has 1 atom stereocenters. The lowest BCUT2D eigenvalue weighted by atomic mass is 10.1. The van der Waals surface area contributed by atoms with Gasteiger partial charge in [0.05, 0.1) is 15.9 Å². The van der Waals surface area contributed by atoms with Crippen molar-refractivity contribution in [3.63, 3.8) is 0 Å². The van der Waals surface area contributed by atoms with Crippen LogP contribution in [0.2, 0.25) is 0 Å². The monoisotopic (exact) mass is 273 g/mol. The Hall–Kier alpha value is -0.350. The number of aryl methyl sites for hydroxylation is 2. The zero-order valence-electron chi connectivity index (χ0n) is 9.97. The minimum absolute atomic E-state index is 0.529. The van der Waals surface area contributed by atoms with Crippen LogP contribution in [0, 0.1) is 0 Å². The molecular formula is C11H20BrN3. The Bertz CT molecular complexity index is 316. The van der Waals surface area contributed by atoms with Crippen molar-refractivity contribution in [2.75, 3.05) is 7.05 Å². The van der Waals surface area contributed by atoms with E-state index in [0.29, 0.717) is 6.04 Å². The van der Waals surface area contributed by atoms with Crippen LogP contribution in [-0.4, -0.2) is 22.9 Å². The highest BCUT2D eigenvalue weighted by Crippen LogP contribution is 2.23. The molecule has 1 unspecified atom stereocenters. The summed E-state index contributed by atoms with van der Waals surface area (Å²) in [7, 11) is 4.03. The van der Waals surface area contributed by atoms with Crippen molar-refractivity contribution >= 4 is 15.9 Å². The highest BCUT2D eigenvalue weighted by Gasteiger charge is 2.15. The first kappa shape index (κ1) is 12.7. The van der Waals surface area contributed by atoms with E-state index in [9.17, 15) is 0 Å². The van der Waals surface area contributed by atoms with Gasteiger partial charge >= 0.3 is 0 Å². The third-order valence-electron chi connectivity index (χ3n) is 2.84. The van der Waals surface area contributed by atoms with Crippen molar-refractivity contribution in [3.05, 3.63) is 15.9 Å². The lowest BCUT2D eigenvalue weighted by Crippen LogP contribution is -2.27. The predicted octanol–water partition coefficient (Wildman–Crippen LogP) is 2.29. The molecule has 0 aliphatic heterocycles. The van der Waals surface area contributed by atoms with Crippen molar-refractivity contribution in [1.29, 1.82) is 0 Å². The lowest BCUT2D eigenvalue weighted by Gasteiger charge is -2.13. The zero-order valence-corrected chi connectivity index (χ0v) is 11.6. The molecule has 0 aliphatic rings. The van der Waals surface area contributed by atoms with Crippen LogP contribution in [0.3, 0.4) is 0 Å². The summed E-state index contributed by atoms with van der Waals surface area (Å²) >= 11 is 3.64. The van der Waals surface area contributed by atoms with Crippen LogP contribution in [0.25, 0.3) is 0 Å². The van der Waals surface area contributed by atoms with Gasteiger partial charge in [-0.25, -0.2) is 0 Å². The predicted molar refractivity (Wildman–Crippen MR) is 67.1 cm³/mol. The number of hydrogen-bond acceptors (Lipinski definition) is 2. The molecule has 1 rings (SSSR count). The highest BCUT2D eigenvalue weighted by molar-refractivity contribution is 9.10. The number of rotatable bonds is 5. The van der Waals surface area contributed by atoms with Gasteiger partial charge in [0.15, 0.2) is 0 Å². The van der Waals surface area contributed by atoms with Crippen LogP contribution >= 0.6 is 15.9 Å². The lowest BCUT2D eigenvalue weighted by molar-refractivity contribution is 0.521. The van der Waals surface area contributed by atoms with E-state index in [-0.39, 0.29) is 0 Å². The molecule has 86 valence electrons. The largest absolute Gasteiger partial charge is 0.317 e. The summed E-state index contributed by atoms with van der Waals surface area (Å²) in [4.78, 5) is 0. The molecule has 1 N–H and O–H groups in total. The van der Waals surface area contributed by atoms with E-state index in [2.05, 4.69) is 40.2 Å². The second-order valence-electron chi connectivity index (χ2n) is 3.78. The zero-order chi connectivity index (χ0) is 11.4. The molecule has 1 aromatic heterocycles. The fraction of sp³-hybridized carbons (Fsp3) is 0.727. The van der Waals surface area contributed by atoms with Gasteiger partial charge in [0.1, 0.15) is 0 Å². The van der Waals surface area contributed by atoms with E-state index in [1.54, 1.807) is 0 Å². The van der Waals surface area contributed by atoms with Gasteiger partial charge in [0.2, 0.25) is 0 Å². The van der Waals surface area contributed by atoms with Gasteiger partial charge in [-0.05, 0) is 35.8 Å². The molecule has 15 heavy (non-hydrogen) atoms. The Labute approximate surface area is 100 Å². The highest BCUT2D eigenvalue weighted by atomic mass is 79.9. The molecular weight excluding hydrogens is 254 g/mol. The third kappa shape index (κ3) is 2.82. The minimum atomic E-state index is 0.529. The number of nitrogens with zero attached hydrogens (tertiary/aromatic N) is 2. The molecule has 3 nitrogen and oxygen atoms in total. The van der Waals surface area contributed by atoms with Crippen LogP contribution in [0.4, 0.5) is 0 Å². The summed E-state index contributed by atoms with van der Waals surface area (Å²) < 4.78 is 3.17. The van der Waals surface area contributed by atoms with Gasteiger partial charge < -0.3 is 5.32 Å². The quantitative estimate of drug-likeness (QED) is 0.892. The molecule has 0 amide bonds. The average Bonchev–Trinajstić information content (AvgIpc) is 2.51. The molecule has 1 aromatic rings. The van der Waals surface area contributed by atoms with Gasteiger partial charge in [0, 0.05) is 19.5 Å². The molecule has 0 saturated heterocycles. The van der Waals surface area contributed by atoms with Gasteiger partial charge in [-0.15, -0.1) is 0 Å². The molecule has 1 heterocycles. The second kappa shape index (κ2) is 5.66. The molecule has 0 aliphatic carbocycles. The van der Waals surface area contributed by atoms with Crippen molar-refractivity contribution in [3.8, 4) is 0 Å². The van der Waals surface area contributed by atoms with Crippen LogP contribution < -0.4 is 5.32 Å². The van der Waals surface area contributed by atoms with Crippen molar-refractivity contribution < 1.29 is 0 Å². The van der Waals surface area contributed by atoms with Crippen LogP contribution in [0.1, 0.15) is 31.7 Å². The Balaban J connectivity index is 2.88. The minimum Gasteiger partial charge on any atom is -0.317 e. The molecule has 0 fully saturated rings. The summed E-state index contributed by atoms with van der Waals surface area (Å²) in [6.07, 6.45) is 3.14. The summed E-state index contributed by atoms with van der Waals surface area (Å²) in [6.45, 7) is 4.33. The fourth-order valence-electron chi connectivity index (χ4n) is 1.73. The Morgan fingerprint density at radius 1 is 1.47 bits per heavy atom. The van der Waals surface area contributed by atoms with Gasteiger partial charge in [0.25, 0.3) is 0 Å². The maximum atomic E-state index is 4.49.